The van der Waals surface area contributed by atoms with Crippen LogP contribution in [0.3, 0.4) is 0 Å². The molecule has 2 aromatic rings. The Morgan fingerprint density at radius 2 is 2.06 bits per heavy atom. The Bertz CT molecular complexity index is 450. The molecule has 17 heavy (non-hydrogen) atoms. The molecule has 0 spiro atoms. The average molecular weight is 230 g/mol. The van der Waals surface area contributed by atoms with E-state index >= 15 is 0 Å². The number of furan rings is 1. The molecule has 2 rings (SSSR count). The normalized spacial score (nSPS) is 12.6. The van der Waals surface area contributed by atoms with E-state index in [1.165, 1.54) is 0 Å². The summed E-state index contributed by atoms with van der Waals surface area (Å²) in [6.45, 7) is 4.93. The van der Waals surface area contributed by atoms with E-state index in [1.807, 2.05) is 36.5 Å². The van der Waals surface area contributed by atoms with Crippen LogP contribution in [0, 0.1) is 0 Å². The van der Waals surface area contributed by atoms with Crippen molar-refractivity contribution in [1.82, 2.24) is 10.3 Å². The molecule has 0 amide bonds. The average Bonchev–Trinajstić information content (AvgIpc) is 2.85. The van der Waals surface area contributed by atoms with Crippen molar-refractivity contribution in [3.05, 3.63) is 53.7 Å². The van der Waals surface area contributed by atoms with Crippen LogP contribution >= 0.6 is 0 Å². The van der Waals surface area contributed by atoms with Gasteiger partial charge in [0.1, 0.15) is 11.5 Å². The summed E-state index contributed by atoms with van der Waals surface area (Å²) < 4.78 is 5.64. The minimum absolute atomic E-state index is 0.228. The lowest BCUT2D eigenvalue weighted by molar-refractivity contribution is 0.433. The Morgan fingerprint density at radius 1 is 1.24 bits per heavy atom. The van der Waals surface area contributed by atoms with Gasteiger partial charge in [0, 0.05) is 18.7 Å². The molecular weight excluding hydrogens is 212 g/mol. The fourth-order valence-electron chi connectivity index (χ4n) is 1.70. The lowest BCUT2D eigenvalue weighted by Crippen LogP contribution is -2.18. The molecule has 1 atom stereocenters. The molecule has 2 aromatic heterocycles. The molecule has 0 unspecified atom stereocenters. The van der Waals surface area contributed by atoms with E-state index in [4.69, 9.17) is 4.42 Å². The van der Waals surface area contributed by atoms with Crippen LogP contribution in [-0.4, -0.2) is 4.98 Å². The summed E-state index contributed by atoms with van der Waals surface area (Å²) in [5.41, 5.74) is 1.05. The first-order valence-corrected chi connectivity index (χ1v) is 6.01. The van der Waals surface area contributed by atoms with Crippen molar-refractivity contribution in [2.45, 2.75) is 32.9 Å². The zero-order valence-electron chi connectivity index (χ0n) is 10.3. The number of nitrogens with zero attached hydrogens (tertiary/aromatic N) is 1. The van der Waals surface area contributed by atoms with Crippen LogP contribution in [0.2, 0.25) is 0 Å². The third-order valence-corrected chi connectivity index (χ3v) is 2.78. The van der Waals surface area contributed by atoms with E-state index in [1.54, 1.807) is 0 Å². The van der Waals surface area contributed by atoms with Gasteiger partial charge in [0.15, 0.2) is 0 Å². The van der Waals surface area contributed by atoms with Crippen LogP contribution < -0.4 is 5.32 Å². The molecule has 0 radical (unpaired) electrons. The Kier molecular flexibility index (Phi) is 3.94. The summed E-state index contributed by atoms with van der Waals surface area (Å²) in [6.07, 6.45) is 2.76. The summed E-state index contributed by atoms with van der Waals surface area (Å²) in [6, 6.07) is 10.2. The van der Waals surface area contributed by atoms with Crippen molar-refractivity contribution < 1.29 is 4.42 Å². The summed E-state index contributed by atoms with van der Waals surface area (Å²) in [4.78, 5) is 4.32. The van der Waals surface area contributed by atoms with Crippen LogP contribution in [0.25, 0.3) is 0 Å². The van der Waals surface area contributed by atoms with Gasteiger partial charge in [-0.25, -0.2) is 0 Å². The van der Waals surface area contributed by atoms with Crippen LogP contribution in [0.1, 0.15) is 37.1 Å². The van der Waals surface area contributed by atoms with Crippen LogP contribution in [0.15, 0.2) is 40.9 Å². The first-order valence-electron chi connectivity index (χ1n) is 6.01. The molecule has 0 aliphatic carbocycles. The van der Waals surface area contributed by atoms with Crippen molar-refractivity contribution in [2.75, 3.05) is 0 Å². The number of aromatic nitrogens is 1. The summed E-state index contributed by atoms with van der Waals surface area (Å²) >= 11 is 0. The maximum Gasteiger partial charge on any atom is 0.117 e. The molecular formula is C14H18N2O. The largest absolute Gasteiger partial charge is 0.465 e. The maximum atomic E-state index is 5.64. The number of rotatable bonds is 5. The van der Waals surface area contributed by atoms with Gasteiger partial charge in [-0.1, -0.05) is 13.0 Å². The standard InChI is InChI=1S/C14H18N2O/c1-3-12-7-8-13(17-12)10-16-11(2)14-6-4-5-9-15-14/h4-9,11,16H,3,10H2,1-2H3/t11-/m1/s1. The van der Waals surface area contributed by atoms with E-state index in [-0.39, 0.29) is 6.04 Å². The second-order valence-corrected chi connectivity index (χ2v) is 4.08. The third kappa shape index (κ3) is 3.17. The van der Waals surface area contributed by atoms with Gasteiger partial charge in [-0.3, -0.25) is 4.98 Å². The maximum absolute atomic E-state index is 5.64. The van der Waals surface area contributed by atoms with Crippen molar-refractivity contribution in [3.8, 4) is 0 Å². The first-order chi connectivity index (χ1) is 8.29. The molecule has 0 aliphatic heterocycles. The Balaban J connectivity index is 1.90. The number of hydrogen-bond donors (Lipinski definition) is 1. The van der Waals surface area contributed by atoms with Gasteiger partial charge in [-0.2, -0.15) is 0 Å². The van der Waals surface area contributed by atoms with Gasteiger partial charge in [-0.15, -0.1) is 0 Å². The van der Waals surface area contributed by atoms with E-state index < -0.39 is 0 Å². The highest BCUT2D eigenvalue weighted by Gasteiger charge is 2.07. The molecule has 0 bridgehead atoms. The highest BCUT2D eigenvalue weighted by Crippen LogP contribution is 2.12. The van der Waals surface area contributed by atoms with E-state index in [0.717, 1.165) is 30.2 Å². The summed E-state index contributed by atoms with van der Waals surface area (Å²) in [7, 11) is 0. The second-order valence-electron chi connectivity index (χ2n) is 4.08. The van der Waals surface area contributed by atoms with Crippen LogP contribution in [0.4, 0.5) is 0 Å². The molecule has 3 heteroatoms. The molecule has 0 saturated heterocycles. The van der Waals surface area contributed by atoms with Gasteiger partial charge < -0.3 is 9.73 Å². The topological polar surface area (TPSA) is 38.1 Å². The number of hydrogen-bond acceptors (Lipinski definition) is 3. The fraction of sp³-hybridized carbons (Fsp3) is 0.357. The summed E-state index contributed by atoms with van der Waals surface area (Å²) in [5.74, 6) is 2.01. The highest BCUT2D eigenvalue weighted by atomic mass is 16.3. The first kappa shape index (κ1) is 11.9. The van der Waals surface area contributed by atoms with Gasteiger partial charge in [-0.05, 0) is 31.2 Å². The molecule has 0 aliphatic rings. The molecule has 1 N–H and O–H groups in total. The van der Waals surface area contributed by atoms with Crippen LogP contribution in [0.5, 0.6) is 0 Å². The predicted octanol–water partition coefficient (Wildman–Crippen LogP) is 3.09. The molecule has 0 aromatic carbocycles. The van der Waals surface area contributed by atoms with E-state index in [0.29, 0.717) is 0 Å². The predicted molar refractivity (Wildman–Crippen MR) is 67.6 cm³/mol. The number of aryl methyl sites for hydroxylation is 1. The number of pyridine rings is 1. The Labute approximate surface area is 102 Å². The van der Waals surface area contributed by atoms with Gasteiger partial charge in [0.2, 0.25) is 0 Å². The zero-order valence-corrected chi connectivity index (χ0v) is 10.3. The van der Waals surface area contributed by atoms with Crippen molar-refractivity contribution >= 4 is 0 Å². The molecule has 0 fully saturated rings. The number of nitrogens with one attached hydrogen (secondary N) is 1. The van der Waals surface area contributed by atoms with Crippen molar-refractivity contribution in [2.24, 2.45) is 0 Å². The SMILES string of the molecule is CCc1ccc(CN[C@H](C)c2ccccn2)o1. The molecule has 3 nitrogen and oxygen atoms in total. The lowest BCUT2D eigenvalue weighted by Gasteiger charge is -2.11. The van der Waals surface area contributed by atoms with Gasteiger partial charge in [0.05, 0.1) is 12.2 Å². The van der Waals surface area contributed by atoms with Gasteiger partial charge >= 0.3 is 0 Å². The fourth-order valence-corrected chi connectivity index (χ4v) is 1.70. The second kappa shape index (κ2) is 5.64. The van der Waals surface area contributed by atoms with Crippen molar-refractivity contribution in [1.29, 1.82) is 0 Å². The quantitative estimate of drug-likeness (QED) is 0.857. The van der Waals surface area contributed by atoms with Crippen LogP contribution in [-0.2, 0) is 13.0 Å². The minimum Gasteiger partial charge on any atom is -0.465 e. The Morgan fingerprint density at radius 3 is 2.71 bits per heavy atom. The van der Waals surface area contributed by atoms with E-state index in [2.05, 4.69) is 24.1 Å². The monoisotopic (exact) mass is 230 g/mol. The minimum atomic E-state index is 0.228. The molecule has 2 heterocycles. The Hall–Kier alpha value is -1.61. The third-order valence-electron chi connectivity index (χ3n) is 2.78. The van der Waals surface area contributed by atoms with Crippen molar-refractivity contribution in [3.63, 3.8) is 0 Å². The van der Waals surface area contributed by atoms with E-state index in [9.17, 15) is 0 Å². The summed E-state index contributed by atoms with van der Waals surface area (Å²) in [5, 5.41) is 3.40. The molecule has 90 valence electrons. The molecule has 0 saturated carbocycles. The highest BCUT2D eigenvalue weighted by molar-refractivity contribution is 5.10. The smallest absolute Gasteiger partial charge is 0.117 e. The zero-order chi connectivity index (χ0) is 12.1. The van der Waals surface area contributed by atoms with Gasteiger partial charge in [0.25, 0.3) is 0 Å². The lowest BCUT2D eigenvalue weighted by atomic mass is 10.2.